The van der Waals surface area contributed by atoms with Gasteiger partial charge < -0.3 is 4.98 Å². The van der Waals surface area contributed by atoms with Crippen molar-refractivity contribution in [3.63, 3.8) is 0 Å². The fourth-order valence-electron chi connectivity index (χ4n) is 1.28. The van der Waals surface area contributed by atoms with Gasteiger partial charge in [-0.2, -0.15) is 0 Å². The highest BCUT2D eigenvalue weighted by molar-refractivity contribution is 5.68. The van der Waals surface area contributed by atoms with Gasteiger partial charge in [0, 0.05) is 5.69 Å². The summed E-state index contributed by atoms with van der Waals surface area (Å²) in [5, 5.41) is 0. The minimum atomic E-state index is 0.994. The van der Waals surface area contributed by atoms with Gasteiger partial charge in [-0.1, -0.05) is 36.4 Å². The molecule has 2 aromatic rings. The predicted molar refractivity (Wildman–Crippen MR) is 58.7 cm³/mol. The highest BCUT2D eigenvalue weighted by atomic mass is 14.9. The number of aromatic amines is 1. The summed E-state index contributed by atoms with van der Waals surface area (Å²) in [6.07, 6.45) is 5.78. The third-order valence-electron chi connectivity index (χ3n) is 2.10. The fourth-order valence-corrected chi connectivity index (χ4v) is 1.28. The molecule has 0 aliphatic rings. The van der Waals surface area contributed by atoms with Crippen LogP contribution in [0.4, 0.5) is 0 Å². The summed E-state index contributed by atoms with van der Waals surface area (Å²) in [5.74, 6) is 0. The molecule has 70 valence electrons. The van der Waals surface area contributed by atoms with Gasteiger partial charge in [0.1, 0.15) is 0 Å². The summed E-state index contributed by atoms with van der Waals surface area (Å²) in [4.78, 5) is 7.23. The van der Waals surface area contributed by atoms with Gasteiger partial charge in [0.05, 0.1) is 12.0 Å². The van der Waals surface area contributed by atoms with Crippen LogP contribution in [-0.4, -0.2) is 9.97 Å². The Morgan fingerprint density at radius 3 is 2.57 bits per heavy atom. The predicted octanol–water partition coefficient (Wildman–Crippen LogP) is 2.89. The molecule has 0 saturated carbocycles. The lowest BCUT2D eigenvalue weighted by Crippen LogP contribution is -1.76. The molecular formula is C12H12N2. The molecule has 2 heteroatoms. The lowest BCUT2D eigenvalue weighted by molar-refractivity contribution is 1.25. The Hall–Kier alpha value is -1.83. The zero-order chi connectivity index (χ0) is 9.80. The van der Waals surface area contributed by atoms with Gasteiger partial charge >= 0.3 is 0 Å². The maximum Gasteiger partial charge on any atom is 0.0929 e. The van der Waals surface area contributed by atoms with E-state index in [1.807, 2.05) is 31.2 Å². The summed E-state index contributed by atoms with van der Waals surface area (Å²) in [6.45, 7) is 2.01. The normalized spacial score (nSPS) is 10.9. The van der Waals surface area contributed by atoms with Crippen LogP contribution in [0.25, 0.3) is 12.2 Å². The first-order valence-electron chi connectivity index (χ1n) is 4.59. The minimum absolute atomic E-state index is 0.994. The maximum absolute atomic E-state index is 4.19. The van der Waals surface area contributed by atoms with Gasteiger partial charge in [0.25, 0.3) is 0 Å². The molecule has 0 amide bonds. The molecule has 2 nitrogen and oxygen atoms in total. The largest absolute Gasteiger partial charge is 0.348 e. The van der Waals surface area contributed by atoms with E-state index in [2.05, 4.69) is 28.2 Å². The summed E-state index contributed by atoms with van der Waals surface area (Å²) >= 11 is 0. The molecule has 14 heavy (non-hydrogen) atoms. The zero-order valence-electron chi connectivity index (χ0n) is 8.07. The molecule has 1 aromatic heterocycles. The molecule has 0 unspecified atom stereocenters. The Morgan fingerprint density at radius 1 is 1.14 bits per heavy atom. The zero-order valence-corrected chi connectivity index (χ0v) is 8.07. The number of nitrogens with zero attached hydrogens (tertiary/aromatic N) is 1. The van der Waals surface area contributed by atoms with Crippen molar-refractivity contribution >= 4 is 12.2 Å². The topological polar surface area (TPSA) is 28.7 Å². The monoisotopic (exact) mass is 184 g/mol. The first-order chi connectivity index (χ1) is 6.86. The van der Waals surface area contributed by atoms with Crippen LogP contribution in [0.2, 0.25) is 0 Å². The number of nitrogens with one attached hydrogen (secondary N) is 1. The number of benzene rings is 1. The first kappa shape index (κ1) is 8.75. The lowest BCUT2D eigenvalue weighted by Gasteiger charge is -1.91. The SMILES string of the molecule is Cc1[nH]cnc1/C=C/c1ccccc1. The average molecular weight is 184 g/mol. The van der Waals surface area contributed by atoms with Crippen LogP contribution in [0.1, 0.15) is 17.0 Å². The van der Waals surface area contributed by atoms with Crippen LogP contribution in [0.5, 0.6) is 0 Å². The van der Waals surface area contributed by atoms with Crippen LogP contribution >= 0.6 is 0 Å². The smallest absolute Gasteiger partial charge is 0.0929 e. The molecule has 0 atom stereocenters. The highest BCUT2D eigenvalue weighted by Gasteiger charge is 1.93. The number of aromatic nitrogens is 2. The molecule has 0 aliphatic heterocycles. The molecule has 1 heterocycles. The Labute approximate surface area is 83.3 Å². The summed E-state index contributed by atoms with van der Waals surface area (Å²) in [7, 11) is 0. The number of rotatable bonds is 2. The standard InChI is InChI=1S/C12H12N2/c1-10-12(14-9-13-10)8-7-11-5-3-2-4-6-11/h2-9H,1H3,(H,13,14)/b8-7+. The van der Waals surface area contributed by atoms with Gasteiger partial charge in [0.15, 0.2) is 0 Å². The van der Waals surface area contributed by atoms with E-state index < -0.39 is 0 Å². The van der Waals surface area contributed by atoms with E-state index in [-0.39, 0.29) is 0 Å². The Morgan fingerprint density at radius 2 is 1.93 bits per heavy atom. The molecule has 1 N–H and O–H groups in total. The van der Waals surface area contributed by atoms with Crippen molar-refractivity contribution in [2.24, 2.45) is 0 Å². The Balaban J connectivity index is 2.20. The number of hydrogen-bond donors (Lipinski definition) is 1. The van der Waals surface area contributed by atoms with Crippen LogP contribution in [0, 0.1) is 6.92 Å². The quantitative estimate of drug-likeness (QED) is 0.763. The van der Waals surface area contributed by atoms with Crippen LogP contribution < -0.4 is 0 Å². The summed E-state index contributed by atoms with van der Waals surface area (Å²) in [5.41, 5.74) is 3.28. The van der Waals surface area contributed by atoms with E-state index in [4.69, 9.17) is 0 Å². The highest BCUT2D eigenvalue weighted by Crippen LogP contribution is 2.07. The fraction of sp³-hybridized carbons (Fsp3) is 0.0833. The van der Waals surface area contributed by atoms with Crippen molar-refractivity contribution in [1.29, 1.82) is 0 Å². The van der Waals surface area contributed by atoms with Crippen molar-refractivity contribution in [1.82, 2.24) is 9.97 Å². The molecule has 0 spiro atoms. The van der Waals surface area contributed by atoms with E-state index >= 15 is 0 Å². The number of hydrogen-bond acceptors (Lipinski definition) is 1. The number of aryl methyl sites for hydroxylation is 1. The number of imidazole rings is 1. The molecular weight excluding hydrogens is 172 g/mol. The van der Waals surface area contributed by atoms with Crippen molar-refractivity contribution in [3.05, 3.63) is 53.6 Å². The van der Waals surface area contributed by atoms with E-state index in [0.717, 1.165) is 11.4 Å². The second kappa shape index (κ2) is 3.92. The van der Waals surface area contributed by atoms with Gasteiger partial charge in [-0.15, -0.1) is 0 Å². The van der Waals surface area contributed by atoms with Gasteiger partial charge in [-0.3, -0.25) is 0 Å². The van der Waals surface area contributed by atoms with Crippen molar-refractivity contribution in [2.75, 3.05) is 0 Å². The third-order valence-corrected chi connectivity index (χ3v) is 2.10. The van der Waals surface area contributed by atoms with Crippen molar-refractivity contribution < 1.29 is 0 Å². The lowest BCUT2D eigenvalue weighted by atomic mass is 10.2. The van der Waals surface area contributed by atoms with Crippen LogP contribution in [-0.2, 0) is 0 Å². The third kappa shape index (κ3) is 1.91. The van der Waals surface area contributed by atoms with E-state index in [1.165, 1.54) is 5.56 Å². The molecule has 1 aromatic carbocycles. The van der Waals surface area contributed by atoms with E-state index in [9.17, 15) is 0 Å². The molecule has 0 aliphatic carbocycles. The van der Waals surface area contributed by atoms with Crippen LogP contribution in [0.3, 0.4) is 0 Å². The minimum Gasteiger partial charge on any atom is -0.348 e. The van der Waals surface area contributed by atoms with Gasteiger partial charge in [-0.25, -0.2) is 4.98 Å². The Kier molecular flexibility index (Phi) is 2.45. The van der Waals surface area contributed by atoms with Crippen molar-refractivity contribution in [3.8, 4) is 0 Å². The maximum atomic E-state index is 4.19. The van der Waals surface area contributed by atoms with E-state index in [1.54, 1.807) is 6.33 Å². The number of H-pyrrole nitrogens is 1. The molecule has 0 bridgehead atoms. The van der Waals surface area contributed by atoms with Crippen molar-refractivity contribution in [2.45, 2.75) is 6.92 Å². The molecule has 0 saturated heterocycles. The first-order valence-corrected chi connectivity index (χ1v) is 4.59. The second-order valence-corrected chi connectivity index (χ2v) is 3.16. The Bertz CT molecular complexity index is 427. The summed E-state index contributed by atoms with van der Waals surface area (Å²) < 4.78 is 0. The molecule has 0 fully saturated rings. The molecule has 0 radical (unpaired) electrons. The van der Waals surface area contributed by atoms with Crippen LogP contribution in [0.15, 0.2) is 36.7 Å². The van der Waals surface area contributed by atoms with Gasteiger partial charge in [-0.05, 0) is 18.6 Å². The molecule has 2 rings (SSSR count). The summed E-state index contributed by atoms with van der Waals surface area (Å²) in [6, 6.07) is 10.2. The average Bonchev–Trinajstić information content (AvgIpc) is 2.63. The van der Waals surface area contributed by atoms with E-state index in [0.29, 0.717) is 0 Å². The van der Waals surface area contributed by atoms with Gasteiger partial charge in [0.2, 0.25) is 0 Å². The second-order valence-electron chi connectivity index (χ2n) is 3.16.